The molecule has 1 aromatic heterocycles. The normalized spacial score (nSPS) is 14.6. The number of halogens is 3. The van der Waals surface area contributed by atoms with Crippen LogP contribution in [-0.2, 0) is 6.18 Å². The number of benzene rings is 3. The Morgan fingerprint density at radius 2 is 1.45 bits per heavy atom. The van der Waals surface area contributed by atoms with Gasteiger partial charge in [0, 0.05) is 31.9 Å². The first kappa shape index (κ1) is 21.1. The maximum Gasteiger partial charge on any atom is 0.416 e. The molecule has 5 rings (SSSR count). The van der Waals surface area contributed by atoms with Crippen LogP contribution < -0.4 is 9.80 Å². The SMILES string of the molecule is Oc1ccc(-c2ccc3ncc(N4CCN(c5cccc(C(F)(F)F)c5)CC4)nc3c2)cc1. The van der Waals surface area contributed by atoms with Gasteiger partial charge in [-0.15, -0.1) is 0 Å². The molecule has 0 unspecified atom stereocenters. The maximum absolute atomic E-state index is 13.0. The van der Waals surface area contributed by atoms with Gasteiger partial charge in [-0.3, -0.25) is 4.98 Å². The second-order valence-electron chi connectivity index (χ2n) is 8.00. The minimum Gasteiger partial charge on any atom is -0.508 e. The number of fused-ring (bicyclic) bond motifs is 1. The van der Waals surface area contributed by atoms with Gasteiger partial charge in [0.15, 0.2) is 0 Å². The summed E-state index contributed by atoms with van der Waals surface area (Å²) in [6, 6.07) is 18.3. The predicted octanol–water partition coefficient (Wildman–Crippen LogP) is 5.35. The van der Waals surface area contributed by atoms with E-state index in [2.05, 4.69) is 9.88 Å². The number of anilines is 2. The summed E-state index contributed by atoms with van der Waals surface area (Å²) in [6.45, 7) is 2.45. The molecule has 0 amide bonds. The number of phenols is 1. The van der Waals surface area contributed by atoms with Gasteiger partial charge in [-0.1, -0.05) is 24.3 Å². The summed E-state index contributed by atoms with van der Waals surface area (Å²) in [5, 5.41) is 9.52. The number of aromatic nitrogens is 2. The van der Waals surface area contributed by atoms with Gasteiger partial charge < -0.3 is 14.9 Å². The topological polar surface area (TPSA) is 52.5 Å². The fourth-order valence-electron chi connectivity index (χ4n) is 4.06. The zero-order valence-corrected chi connectivity index (χ0v) is 17.6. The smallest absolute Gasteiger partial charge is 0.416 e. The molecule has 0 radical (unpaired) electrons. The van der Waals surface area contributed by atoms with Crippen LogP contribution in [0.5, 0.6) is 5.75 Å². The Bertz CT molecular complexity index is 1280. The lowest BCUT2D eigenvalue weighted by Gasteiger charge is -2.36. The van der Waals surface area contributed by atoms with E-state index in [0.29, 0.717) is 31.9 Å². The molecule has 1 saturated heterocycles. The summed E-state index contributed by atoms with van der Waals surface area (Å²) < 4.78 is 39.1. The standard InChI is InChI=1S/C25H21F3N4O/c26-25(27,28)19-2-1-3-20(15-19)31-10-12-32(13-11-31)24-16-29-22-9-6-18(14-23(22)30-24)17-4-7-21(33)8-5-17/h1-9,14-16,33H,10-13H2. The van der Waals surface area contributed by atoms with Crippen LogP contribution in [0.1, 0.15) is 5.56 Å². The summed E-state index contributed by atoms with van der Waals surface area (Å²) in [5.41, 5.74) is 3.43. The number of alkyl halides is 3. The van der Waals surface area contributed by atoms with Crippen LogP contribution in [0.25, 0.3) is 22.2 Å². The van der Waals surface area contributed by atoms with Crippen molar-refractivity contribution in [1.82, 2.24) is 9.97 Å². The first-order valence-corrected chi connectivity index (χ1v) is 10.6. The minimum atomic E-state index is -4.35. The van der Waals surface area contributed by atoms with E-state index in [9.17, 15) is 18.3 Å². The van der Waals surface area contributed by atoms with Crippen molar-refractivity contribution in [3.63, 3.8) is 0 Å². The fourth-order valence-corrected chi connectivity index (χ4v) is 4.06. The largest absolute Gasteiger partial charge is 0.508 e. The molecule has 1 aliphatic heterocycles. The molecule has 0 saturated carbocycles. The predicted molar refractivity (Wildman–Crippen MR) is 123 cm³/mol. The summed E-state index contributed by atoms with van der Waals surface area (Å²) >= 11 is 0. The van der Waals surface area contributed by atoms with Crippen molar-refractivity contribution < 1.29 is 18.3 Å². The number of hydrogen-bond donors (Lipinski definition) is 1. The van der Waals surface area contributed by atoms with Crippen LogP contribution in [-0.4, -0.2) is 41.3 Å². The zero-order chi connectivity index (χ0) is 23.0. The van der Waals surface area contributed by atoms with Crippen molar-refractivity contribution in [2.24, 2.45) is 0 Å². The maximum atomic E-state index is 13.0. The third kappa shape index (κ3) is 4.41. The zero-order valence-electron chi connectivity index (χ0n) is 17.6. The molecule has 0 bridgehead atoms. The van der Waals surface area contributed by atoms with Gasteiger partial charge in [0.25, 0.3) is 0 Å². The van der Waals surface area contributed by atoms with Gasteiger partial charge >= 0.3 is 6.18 Å². The monoisotopic (exact) mass is 450 g/mol. The molecule has 1 fully saturated rings. The molecule has 33 heavy (non-hydrogen) atoms. The lowest BCUT2D eigenvalue weighted by Crippen LogP contribution is -2.46. The average molecular weight is 450 g/mol. The van der Waals surface area contributed by atoms with E-state index in [1.807, 2.05) is 35.2 Å². The van der Waals surface area contributed by atoms with Gasteiger partial charge in [0.2, 0.25) is 0 Å². The van der Waals surface area contributed by atoms with E-state index in [-0.39, 0.29) is 5.75 Å². The third-order valence-corrected chi connectivity index (χ3v) is 5.87. The lowest BCUT2D eigenvalue weighted by molar-refractivity contribution is -0.137. The van der Waals surface area contributed by atoms with Crippen molar-refractivity contribution in [1.29, 1.82) is 0 Å². The summed E-state index contributed by atoms with van der Waals surface area (Å²) in [6.07, 6.45) is -2.61. The molecule has 1 N–H and O–H groups in total. The van der Waals surface area contributed by atoms with Gasteiger partial charge in [-0.25, -0.2) is 4.98 Å². The molecule has 8 heteroatoms. The first-order chi connectivity index (χ1) is 15.9. The molecule has 4 aromatic rings. The van der Waals surface area contributed by atoms with Crippen molar-refractivity contribution in [3.05, 3.63) is 78.5 Å². The van der Waals surface area contributed by atoms with Crippen LogP contribution in [0.2, 0.25) is 0 Å². The molecule has 0 atom stereocenters. The molecule has 5 nitrogen and oxygen atoms in total. The van der Waals surface area contributed by atoms with Crippen molar-refractivity contribution in [3.8, 4) is 16.9 Å². The second-order valence-corrected chi connectivity index (χ2v) is 8.00. The highest BCUT2D eigenvalue weighted by Crippen LogP contribution is 2.32. The molecular weight excluding hydrogens is 429 g/mol. The quantitative estimate of drug-likeness (QED) is 0.456. The molecule has 2 heterocycles. The molecule has 0 spiro atoms. The van der Waals surface area contributed by atoms with E-state index >= 15 is 0 Å². The Balaban J connectivity index is 1.33. The highest BCUT2D eigenvalue weighted by Gasteiger charge is 2.31. The molecule has 168 valence electrons. The van der Waals surface area contributed by atoms with Crippen LogP contribution in [0.3, 0.4) is 0 Å². The Morgan fingerprint density at radius 1 is 0.758 bits per heavy atom. The van der Waals surface area contributed by atoms with Crippen LogP contribution in [0, 0.1) is 0 Å². The van der Waals surface area contributed by atoms with Crippen molar-refractivity contribution in [2.75, 3.05) is 36.0 Å². The van der Waals surface area contributed by atoms with Gasteiger partial charge in [0.1, 0.15) is 11.6 Å². The Labute approximate surface area is 188 Å². The molecular formula is C25H21F3N4O. The lowest BCUT2D eigenvalue weighted by atomic mass is 10.0. The third-order valence-electron chi connectivity index (χ3n) is 5.87. The number of phenolic OH excluding ortho intramolecular Hbond substituents is 1. The van der Waals surface area contributed by atoms with Crippen LogP contribution in [0.4, 0.5) is 24.7 Å². The van der Waals surface area contributed by atoms with E-state index in [1.165, 1.54) is 12.1 Å². The Kier molecular flexibility index (Phi) is 5.28. The summed E-state index contributed by atoms with van der Waals surface area (Å²) in [5.74, 6) is 0.958. The van der Waals surface area contributed by atoms with Gasteiger partial charge in [0.05, 0.1) is 22.8 Å². The summed E-state index contributed by atoms with van der Waals surface area (Å²) in [4.78, 5) is 13.4. The highest BCUT2D eigenvalue weighted by atomic mass is 19.4. The average Bonchev–Trinajstić information content (AvgIpc) is 2.83. The first-order valence-electron chi connectivity index (χ1n) is 10.6. The number of rotatable bonds is 3. The van der Waals surface area contributed by atoms with E-state index in [0.717, 1.165) is 34.0 Å². The minimum absolute atomic E-state index is 0.214. The highest BCUT2D eigenvalue weighted by molar-refractivity contribution is 5.82. The number of hydrogen-bond acceptors (Lipinski definition) is 5. The Morgan fingerprint density at radius 3 is 2.18 bits per heavy atom. The number of aromatic hydroxyl groups is 1. The summed E-state index contributed by atoms with van der Waals surface area (Å²) in [7, 11) is 0. The van der Waals surface area contributed by atoms with Gasteiger partial charge in [-0.05, 0) is 53.6 Å². The van der Waals surface area contributed by atoms with Crippen molar-refractivity contribution >= 4 is 22.5 Å². The Hall–Kier alpha value is -3.81. The molecule has 3 aromatic carbocycles. The van der Waals surface area contributed by atoms with Crippen LogP contribution >= 0.6 is 0 Å². The van der Waals surface area contributed by atoms with E-state index in [4.69, 9.17) is 4.98 Å². The van der Waals surface area contributed by atoms with E-state index < -0.39 is 11.7 Å². The molecule has 0 aliphatic carbocycles. The van der Waals surface area contributed by atoms with E-state index in [1.54, 1.807) is 24.4 Å². The fraction of sp³-hybridized carbons (Fsp3) is 0.200. The van der Waals surface area contributed by atoms with Gasteiger partial charge in [-0.2, -0.15) is 13.2 Å². The van der Waals surface area contributed by atoms with Crippen molar-refractivity contribution in [2.45, 2.75) is 6.18 Å². The second kappa shape index (κ2) is 8.27. The van der Waals surface area contributed by atoms with Crippen LogP contribution in [0.15, 0.2) is 72.9 Å². The number of piperazine rings is 1. The molecule has 1 aliphatic rings. The number of nitrogens with zero attached hydrogens (tertiary/aromatic N) is 4.